The van der Waals surface area contributed by atoms with E-state index in [1.54, 1.807) is 24.3 Å². The van der Waals surface area contributed by atoms with Crippen LogP contribution in [0.2, 0.25) is 15.1 Å². The van der Waals surface area contributed by atoms with Gasteiger partial charge in [-0.3, -0.25) is 4.79 Å². The molecule has 0 saturated heterocycles. The molecule has 0 radical (unpaired) electrons. The van der Waals surface area contributed by atoms with Crippen molar-refractivity contribution < 1.29 is 13.9 Å². The van der Waals surface area contributed by atoms with E-state index in [0.29, 0.717) is 33.1 Å². The molecular weight excluding hydrogens is 385 g/mol. The second-order valence-corrected chi connectivity index (χ2v) is 6.82. The van der Waals surface area contributed by atoms with E-state index >= 15 is 0 Å². The highest BCUT2D eigenvalue weighted by atomic mass is 35.5. The highest BCUT2D eigenvalue weighted by molar-refractivity contribution is 6.40. The van der Waals surface area contributed by atoms with Gasteiger partial charge >= 0.3 is 0 Å². The summed E-state index contributed by atoms with van der Waals surface area (Å²) in [7, 11) is 0. The van der Waals surface area contributed by atoms with E-state index < -0.39 is 0 Å². The summed E-state index contributed by atoms with van der Waals surface area (Å²) in [5.74, 6) is 0.844. The Morgan fingerprint density at radius 1 is 1.12 bits per heavy atom. The third-order valence-electron chi connectivity index (χ3n) is 3.52. The Labute approximate surface area is 162 Å². The van der Waals surface area contributed by atoms with E-state index in [-0.39, 0.29) is 18.3 Å². The van der Waals surface area contributed by atoms with Gasteiger partial charge in [0.05, 0.1) is 10.0 Å². The van der Waals surface area contributed by atoms with Crippen LogP contribution in [0, 0.1) is 0 Å². The molecule has 1 aromatic carbocycles. The summed E-state index contributed by atoms with van der Waals surface area (Å²) in [6.07, 6.45) is 4.41. The number of furan rings is 1. The van der Waals surface area contributed by atoms with Crippen LogP contribution >= 0.6 is 34.8 Å². The molecule has 0 saturated carbocycles. The van der Waals surface area contributed by atoms with Crippen LogP contribution in [0.4, 0.5) is 0 Å². The van der Waals surface area contributed by atoms with Crippen molar-refractivity contribution >= 4 is 40.7 Å². The van der Waals surface area contributed by atoms with Crippen molar-refractivity contribution in [3.8, 4) is 5.75 Å². The van der Waals surface area contributed by atoms with E-state index in [1.165, 1.54) is 6.42 Å². The van der Waals surface area contributed by atoms with Gasteiger partial charge in [0.1, 0.15) is 12.4 Å². The number of halogens is 3. The van der Waals surface area contributed by atoms with Crippen LogP contribution in [-0.2, 0) is 6.61 Å². The molecule has 1 N–H and O–H groups in total. The molecular formula is C18H20Cl3NO3. The molecule has 0 unspecified atom stereocenters. The van der Waals surface area contributed by atoms with Gasteiger partial charge in [-0.05, 0) is 30.7 Å². The summed E-state index contributed by atoms with van der Waals surface area (Å²) in [6, 6.07) is 6.39. The molecule has 25 heavy (non-hydrogen) atoms. The Morgan fingerprint density at radius 2 is 1.84 bits per heavy atom. The predicted molar refractivity (Wildman–Crippen MR) is 101 cm³/mol. The fourth-order valence-electron chi connectivity index (χ4n) is 2.23. The summed E-state index contributed by atoms with van der Waals surface area (Å²) in [4.78, 5) is 12.0. The predicted octanol–water partition coefficient (Wildman–Crippen LogP) is 6.13. The van der Waals surface area contributed by atoms with E-state index in [4.69, 9.17) is 44.0 Å². The zero-order valence-corrected chi connectivity index (χ0v) is 16.2. The average molecular weight is 405 g/mol. The first kappa shape index (κ1) is 20.0. The Hall–Kier alpha value is -1.36. The molecule has 1 aromatic heterocycles. The molecule has 0 aliphatic rings. The summed E-state index contributed by atoms with van der Waals surface area (Å²) in [6.45, 7) is 2.89. The maximum atomic E-state index is 12.0. The maximum Gasteiger partial charge on any atom is 0.286 e. The first-order valence-electron chi connectivity index (χ1n) is 8.15. The number of carbonyl (C=O) groups is 1. The molecule has 0 aliphatic heterocycles. The topological polar surface area (TPSA) is 51.5 Å². The highest BCUT2D eigenvalue weighted by Gasteiger charge is 2.13. The van der Waals surface area contributed by atoms with Crippen molar-refractivity contribution in [1.82, 2.24) is 5.32 Å². The van der Waals surface area contributed by atoms with E-state index in [9.17, 15) is 4.79 Å². The maximum absolute atomic E-state index is 12.0. The number of unbranched alkanes of at least 4 members (excludes halogenated alkanes) is 3. The molecule has 0 atom stereocenters. The molecule has 0 bridgehead atoms. The fraction of sp³-hybridized carbons (Fsp3) is 0.389. The van der Waals surface area contributed by atoms with E-state index in [2.05, 4.69) is 12.2 Å². The largest absolute Gasteiger partial charge is 0.483 e. The van der Waals surface area contributed by atoms with Crippen LogP contribution in [0.1, 0.15) is 48.9 Å². The summed E-state index contributed by atoms with van der Waals surface area (Å²) in [5.41, 5.74) is 0. The first-order chi connectivity index (χ1) is 12.0. The van der Waals surface area contributed by atoms with Crippen molar-refractivity contribution in [2.24, 2.45) is 0 Å². The van der Waals surface area contributed by atoms with Crippen molar-refractivity contribution in [3.05, 3.63) is 50.9 Å². The van der Waals surface area contributed by atoms with Crippen molar-refractivity contribution in [1.29, 1.82) is 0 Å². The molecule has 136 valence electrons. The van der Waals surface area contributed by atoms with Gasteiger partial charge in [0.25, 0.3) is 5.91 Å². The number of benzene rings is 1. The summed E-state index contributed by atoms with van der Waals surface area (Å²) in [5, 5.41) is 3.90. The average Bonchev–Trinajstić information content (AvgIpc) is 3.02. The number of carbonyl (C=O) groups excluding carboxylic acids is 1. The summed E-state index contributed by atoms with van der Waals surface area (Å²) < 4.78 is 11.1. The number of nitrogens with one attached hydrogen (secondary N) is 1. The fourth-order valence-corrected chi connectivity index (χ4v) is 3.15. The van der Waals surface area contributed by atoms with Crippen LogP contribution in [0.25, 0.3) is 0 Å². The Morgan fingerprint density at radius 3 is 2.52 bits per heavy atom. The molecule has 4 nitrogen and oxygen atoms in total. The van der Waals surface area contributed by atoms with Crippen LogP contribution in [-0.4, -0.2) is 12.5 Å². The van der Waals surface area contributed by atoms with Crippen molar-refractivity contribution in [2.75, 3.05) is 6.54 Å². The zero-order chi connectivity index (χ0) is 18.2. The van der Waals surface area contributed by atoms with Crippen molar-refractivity contribution in [3.63, 3.8) is 0 Å². The second-order valence-electron chi connectivity index (χ2n) is 5.57. The van der Waals surface area contributed by atoms with Crippen LogP contribution < -0.4 is 10.1 Å². The number of rotatable bonds is 9. The lowest BCUT2D eigenvalue weighted by molar-refractivity contribution is 0.0921. The van der Waals surface area contributed by atoms with Gasteiger partial charge in [-0.2, -0.15) is 0 Å². The van der Waals surface area contributed by atoms with E-state index in [0.717, 1.165) is 19.3 Å². The smallest absolute Gasteiger partial charge is 0.286 e. The van der Waals surface area contributed by atoms with Crippen LogP contribution in [0.3, 0.4) is 0 Å². The van der Waals surface area contributed by atoms with Gasteiger partial charge in [-0.1, -0.05) is 61.0 Å². The normalized spacial score (nSPS) is 10.7. The SMILES string of the molecule is CCCCCCNC(=O)c1ccc(COc2c(Cl)cc(Cl)cc2Cl)o1. The van der Waals surface area contributed by atoms with Gasteiger partial charge in [0, 0.05) is 11.6 Å². The number of amides is 1. The zero-order valence-electron chi connectivity index (χ0n) is 13.9. The quantitative estimate of drug-likeness (QED) is 0.511. The lowest BCUT2D eigenvalue weighted by Gasteiger charge is -2.09. The minimum absolute atomic E-state index is 0.102. The molecule has 2 aromatic rings. The molecule has 1 amide bonds. The third-order valence-corrected chi connectivity index (χ3v) is 4.30. The van der Waals surface area contributed by atoms with Crippen LogP contribution in [0.15, 0.2) is 28.7 Å². The molecule has 1 heterocycles. The monoisotopic (exact) mass is 403 g/mol. The lowest BCUT2D eigenvalue weighted by Crippen LogP contribution is -2.23. The minimum Gasteiger partial charge on any atom is -0.483 e. The van der Waals surface area contributed by atoms with Crippen LogP contribution in [0.5, 0.6) is 5.75 Å². The highest BCUT2D eigenvalue weighted by Crippen LogP contribution is 2.36. The van der Waals surface area contributed by atoms with Gasteiger partial charge in [-0.15, -0.1) is 0 Å². The van der Waals surface area contributed by atoms with Gasteiger partial charge in [0.2, 0.25) is 0 Å². The van der Waals surface area contributed by atoms with Gasteiger partial charge < -0.3 is 14.5 Å². The first-order valence-corrected chi connectivity index (χ1v) is 9.29. The van der Waals surface area contributed by atoms with Crippen molar-refractivity contribution in [2.45, 2.75) is 39.2 Å². The van der Waals surface area contributed by atoms with E-state index in [1.807, 2.05) is 0 Å². The second kappa shape index (κ2) is 9.95. The molecule has 0 fully saturated rings. The Kier molecular flexibility index (Phi) is 7.94. The standard InChI is InChI=1S/C18H20Cl3NO3/c1-2-3-4-5-8-22-18(23)16-7-6-13(25-16)11-24-17-14(20)9-12(19)10-15(17)21/h6-7,9-10H,2-5,8,11H2,1H3,(H,22,23). The third kappa shape index (κ3) is 6.14. The Balaban J connectivity index is 1.86. The molecule has 7 heteroatoms. The number of hydrogen-bond acceptors (Lipinski definition) is 3. The lowest BCUT2D eigenvalue weighted by atomic mass is 10.2. The number of ether oxygens (including phenoxy) is 1. The Bertz CT molecular complexity index is 692. The summed E-state index contributed by atoms with van der Waals surface area (Å²) >= 11 is 18.0. The molecule has 0 spiro atoms. The molecule has 0 aliphatic carbocycles. The van der Waals surface area contributed by atoms with Gasteiger partial charge in [-0.25, -0.2) is 0 Å². The number of hydrogen-bond donors (Lipinski definition) is 1. The molecule has 2 rings (SSSR count). The van der Waals surface area contributed by atoms with Gasteiger partial charge in [0.15, 0.2) is 11.5 Å². The minimum atomic E-state index is -0.231.